The predicted molar refractivity (Wildman–Crippen MR) is 69.5 cm³/mol. The van der Waals surface area contributed by atoms with Crippen molar-refractivity contribution in [2.45, 2.75) is 33.7 Å². The lowest BCUT2D eigenvalue weighted by Crippen LogP contribution is -2.10. The zero-order chi connectivity index (χ0) is 12.3. The first-order chi connectivity index (χ1) is 8.04. The Labute approximate surface area is 103 Å². The maximum Gasteiger partial charge on any atom is 0.0924 e. The molecule has 2 aromatic rings. The average molecular weight is 229 g/mol. The van der Waals surface area contributed by atoms with Crippen LogP contribution in [0.1, 0.15) is 27.2 Å². The summed E-state index contributed by atoms with van der Waals surface area (Å²) in [5.74, 6) is 0. The van der Waals surface area contributed by atoms with Gasteiger partial charge in [0, 0.05) is 30.7 Å². The van der Waals surface area contributed by atoms with E-state index in [-0.39, 0.29) is 0 Å². The normalized spacial score (nSPS) is 11.7. The van der Waals surface area contributed by atoms with Gasteiger partial charge < -0.3 is 0 Å². The number of aromatic nitrogens is 3. The zero-order valence-electron chi connectivity index (χ0n) is 10.7. The van der Waals surface area contributed by atoms with E-state index in [2.05, 4.69) is 36.9 Å². The second-order valence-electron chi connectivity index (χ2n) is 5.51. The van der Waals surface area contributed by atoms with Crippen LogP contribution >= 0.6 is 0 Å². The molecule has 2 rings (SSSR count). The van der Waals surface area contributed by atoms with E-state index in [0.29, 0.717) is 5.41 Å². The molecule has 0 N–H and O–H groups in total. The summed E-state index contributed by atoms with van der Waals surface area (Å²) in [6, 6.07) is 6.02. The Morgan fingerprint density at radius 1 is 1.12 bits per heavy atom. The van der Waals surface area contributed by atoms with Gasteiger partial charge in [0.2, 0.25) is 0 Å². The minimum Gasteiger partial charge on any atom is -0.272 e. The summed E-state index contributed by atoms with van der Waals surface area (Å²) in [7, 11) is 0. The zero-order valence-corrected chi connectivity index (χ0v) is 10.7. The van der Waals surface area contributed by atoms with Crippen LogP contribution in [-0.4, -0.2) is 14.8 Å². The van der Waals surface area contributed by atoms with Gasteiger partial charge in [-0.3, -0.25) is 9.67 Å². The monoisotopic (exact) mass is 229 g/mol. The molecule has 0 amide bonds. The Morgan fingerprint density at radius 2 is 1.82 bits per heavy atom. The van der Waals surface area contributed by atoms with Crippen LogP contribution in [0, 0.1) is 5.41 Å². The lowest BCUT2D eigenvalue weighted by Gasteiger charge is -2.17. The maximum atomic E-state index is 4.57. The van der Waals surface area contributed by atoms with Gasteiger partial charge in [-0.15, -0.1) is 0 Å². The highest BCUT2D eigenvalue weighted by Gasteiger charge is 2.10. The van der Waals surface area contributed by atoms with Crippen molar-refractivity contribution in [1.82, 2.24) is 14.8 Å². The summed E-state index contributed by atoms with van der Waals surface area (Å²) in [5, 5.41) is 4.57. The van der Waals surface area contributed by atoms with E-state index in [1.807, 2.05) is 23.0 Å². The highest BCUT2D eigenvalue weighted by Crippen LogP contribution is 2.20. The third kappa shape index (κ3) is 3.41. The number of hydrogen-bond acceptors (Lipinski definition) is 2. The molecule has 0 saturated heterocycles. The highest BCUT2D eigenvalue weighted by molar-refractivity contribution is 5.57. The van der Waals surface area contributed by atoms with E-state index >= 15 is 0 Å². The summed E-state index contributed by atoms with van der Waals surface area (Å²) < 4.78 is 2.01. The predicted octanol–water partition coefficient (Wildman–Crippen LogP) is 3.38. The van der Waals surface area contributed by atoms with Gasteiger partial charge >= 0.3 is 0 Å². The Hall–Kier alpha value is -1.64. The lowest BCUT2D eigenvalue weighted by molar-refractivity contribution is 0.341. The fraction of sp³-hybridized carbons (Fsp3) is 0.429. The average Bonchev–Trinajstić information content (AvgIpc) is 2.75. The van der Waals surface area contributed by atoms with Crippen molar-refractivity contribution < 1.29 is 0 Å². The third-order valence-corrected chi connectivity index (χ3v) is 2.71. The van der Waals surface area contributed by atoms with Gasteiger partial charge in [-0.1, -0.05) is 20.8 Å². The van der Waals surface area contributed by atoms with Crippen molar-refractivity contribution in [3.63, 3.8) is 0 Å². The van der Waals surface area contributed by atoms with Crippen LogP contribution in [0.15, 0.2) is 36.8 Å². The molecule has 3 heteroatoms. The summed E-state index contributed by atoms with van der Waals surface area (Å²) in [6.07, 6.45) is 6.76. The molecule has 0 aliphatic carbocycles. The molecule has 0 aliphatic rings. The molecule has 0 radical (unpaired) electrons. The Kier molecular flexibility index (Phi) is 3.27. The molecule has 0 aromatic carbocycles. The lowest BCUT2D eigenvalue weighted by atomic mass is 9.92. The van der Waals surface area contributed by atoms with Gasteiger partial charge in [-0.05, 0) is 30.0 Å². The van der Waals surface area contributed by atoms with Crippen LogP contribution in [0.5, 0.6) is 0 Å². The van der Waals surface area contributed by atoms with E-state index in [9.17, 15) is 0 Å². The Bertz CT molecular complexity index is 466. The molecule has 0 atom stereocenters. The van der Waals surface area contributed by atoms with Gasteiger partial charge in [0.25, 0.3) is 0 Å². The van der Waals surface area contributed by atoms with Crippen molar-refractivity contribution in [3.05, 3.63) is 36.8 Å². The summed E-state index contributed by atoms with van der Waals surface area (Å²) in [5.41, 5.74) is 2.48. The SMILES string of the molecule is CC(C)(C)CCn1ccc(-c2ccncc2)n1. The first kappa shape index (κ1) is 11.8. The van der Waals surface area contributed by atoms with E-state index in [1.165, 1.54) is 0 Å². The molecule has 3 nitrogen and oxygen atoms in total. The minimum absolute atomic E-state index is 0.350. The highest BCUT2D eigenvalue weighted by atomic mass is 15.3. The molecular weight excluding hydrogens is 210 g/mol. The van der Waals surface area contributed by atoms with Crippen LogP contribution in [0.25, 0.3) is 11.3 Å². The van der Waals surface area contributed by atoms with Crippen LogP contribution in [0.3, 0.4) is 0 Å². The smallest absolute Gasteiger partial charge is 0.0924 e. The number of nitrogens with zero attached hydrogens (tertiary/aromatic N) is 3. The molecule has 2 aromatic heterocycles. The van der Waals surface area contributed by atoms with Crippen LogP contribution in [-0.2, 0) is 6.54 Å². The Morgan fingerprint density at radius 3 is 2.47 bits per heavy atom. The summed E-state index contributed by atoms with van der Waals surface area (Å²) in [6.45, 7) is 7.72. The first-order valence-electron chi connectivity index (χ1n) is 5.98. The van der Waals surface area contributed by atoms with Crippen molar-refractivity contribution >= 4 is 0 Å². The molecule has 0 saturated carbocycles. The van der Waals surface area contributed by atoms with Crippen molar-refractivity contribution in [1.29, 1.82) is 0 Å². The van der Waals surface area contributed by atoms with Gasteiger partial charge in [-0.25, -0.2) is 0 Å². The van der Waals surface area contributed by atoms with Crippen LogP contribution < -0.4 is 0 Å². The van der Waals surface area contributed by atoms with Crippen LogP contribution in [0.4, 0.5) is 0 Å². The van der Waals surface area contributed by atoms with E-state index < -0.39 is 0 Å². The standard InChI is InChI=1S/C14H19N3/c1-14(2,3)7-11-17-10-6-13(16-17)12-4-8-15-9-5-12/h4-6,8-10H,7,11H2,1-3H3. The molecule has 2 heterocycles. The molecule has 0 spiro atoms. The molecule has 17 heavy (non-hydrogen) atoms. The fourth-order valence-electron chi connectivity index (χ4n) is 1.61. The summed E-state index contributed by atoms with van der Waals surface area (Å²) in [4.78, 5) is 4.01. The minimum atomic E-state index is 0.350. The molecule has 0 aliphatic heterocycles. The molecule has 0 fully saturated rings. The Balaban J connectivity index is 2.07. The van der Waals surface area contributed by atoms with Crippen molar-refractivity contribution in [2.75, 3.05) is 0 Å². The van der Waals surface area contributed by atoms with Gasteiger partial charge in [0.1, 0.15) is 0 Å². The van der Waals surface area contributed by atoms with Gasteiger partial charge in [0.15, 0.2) is 0 Å². The van der Waals surface area contributed by atoms with Gasteiger partial charge in [0.05, 0.1) is 5.69 Å². The fourth-order valence-corrected chi connectivity index (χ4v) is 1.61. The quantitative estimate of drug-likeness (QED) is 0.807. The van der Waals surface area contributed by atoms with E-state index in [1.54, 1.807) is 12.4 Å². The van der Waals surface area contributed by atoms with E-state index in [0.717, 1.165) is 24.2 Å². The van der Waals surface area contributed by atoms with Crippen LogP contribution in [0.2, 0.25) is 0 Å². The third-order valence-electron chi connectivity index (χ3n) is 2.71. The summed E-state index contributed by atoms with van der Waals surface area (Å²) >= 11 is 0. The second-order valence-corrected chi connectivity index (χ2v) is 5.51. The van der Waals surface area contributed by atoms with E-state index in [4.69, 9.17) is 0 Å². The topological polar surface area (TPSA) is 30.7 Å². The van der Waals surface area contributed by atoms with Crippen molar-refractivity contribution in [2.24, 2.45) is 5.41 Å². The number of pyridine rings is 1. The first-order valence-corrected chi connectivity index (χ1v) is 5.98. The largest absolute Gasteiger partial charge is 0.272 e. The molecule has 90 valence electrons. The maximum absolute atomic E-state index is 4.57. The number of aryl methyl sites for hydroxylation is 1. The number of rotatable bonds is 3. The van der Waals surface area contributed by atoms with Crippen molar-refractivity contribution in [3.8, 4) is 11.3 Å². The van der Waals surface area contributed by atoms with Gasteiger partial charge in [-0.2, -0.15) is 5.10 Å². The molecule has 0 unspecified atom stereocenters. The second kappa shape index (κ2) is 4.70. The molecular formula is C14H19N3. The number of hydrogen-bond donors (Lipinski definition) is 0. The molecule has 0 bridgehead atoms.